The smallest absolute Gasteiger partial charge is 0.0575 e. The maximum absolute atomic E-state index is 5.76. The molecular weight excluding hydrogens is 198 g/mol. The van der Waals surface area contributed by atoms with E-state index in [1.54, 1.807) is 0 Å². The Bertz CT molecular complexity index is 203. The Morgan fingerprint density at radius 3 is 2.81 bits per heavy atom. The van der Waals surface area contributed by atoms with Crippen LogP contribution in [0.15, 0.2) is 11.6 Å². The second-order valence-electron chi connectivity index (χ2n) is 4.97. The highest BCUT2D eigenvalue weighted by atomic mass is 16.5. The van der Waals surface area contributed by atoms with E-state index in [0.717, 1.165) is 13.2 Å². The van der Waals surface area contributed by atoms with E-state index in [4.69, 9.17) is 4.74 Å². The summed E-state index contributed by atoms with van der Waals surface area (Å²) in [5, 5.41) is 3.52. The van der Waals surface area contributed by atoms with Gasteiger partial charge in [-0.25, -0.2) is 0 Å². The van der Waals surface area contributed by atoms with Crippen molar-refractivity contribution in [2.24, 2.45) is 0 Å². The van der Waals surface area contributed by atoms with E-state index in [2.05, 4.69) is 32.2 Å². The minimum absolute atomic E-state index is 0.514. The van der Waals surface area contributed by atoms with E-state index in [0.29, 0.717) is 12.1 Å². The first-order valence-corrected chi connectivity index (χ1v) is 6.72. The fourth-order valence-electron chi connectivity index (χ4n) is 2.31. The minimum Gasteiger partial charge on any atom is -0.378 e. The molecule has 0 amide bonds. The lowest BCUT2D eigenvalue weighted by Crippen LogP contribution is -2.29. The molecule has 0 aliphatic carbocycles. The number of allylic oxidation sites excluding steroid dienone is 1. The molecule has 0 saturated carbocycles. The van der Waals surface area contributed by atoms with Crippen molar-refractivity contribution in [2.75, 3.05) is 13.2 Å². The fourth-order valence-corrected chi connectivity index (χ4v) is 2.31. The Morgan fingerprint density at radius 2 is 2.25 bits per heavy atom. The number of hydrogen-bond acceptors (Lipinski definition) is 2. The molecule has 0 radical (unpaired) electrons. The van der Waals surface area contributed by atoms with Crippen molar-refractivity contribution < 1.29 is 4.74 Å². The summed E-state index contributed by atoms with van der Waals surface area (Å²) in [6.07, 6.45) is 9.10. The number of nitrogens with one attached hydrogen (secondary N) is 1. The van der Waals surface area contributed by atoms with Gasteiger partial charge in [-0.3, -0.25) is 0 Å². The summed E-state index contributed by atoms with van der Waals surface area (Å²) >= 11 is 0. The monoisotopic (exact) mass is 225 g/mol. The summed E-state index contributed by atoms with van der Waals surface area (Å²) in [4.78, 5) is 0. The van der Waals surface area contributed by atoms with Crippen LogP contribution >= 0.6 is 0 Å². The zero-order valence-corrected chi connectivity index (χ0v) is 11.1. The molecule has 0 aromatic carbocycles. The Kier molecular flexibility index (Phi) is 6.74. The van der Waals surface area contributed by atoms with Gasteiger partial charge in [0, 0.05) is 12.6 Å². The first-order valence-electron chi connectivity index (χ1n) is 6.72. The maximum atomic E-state index is 5.76. The summed E-state index contributed by atoms with van der Waals surface area (Å²) in [6, 6.07) is 0.528. The Morgan fingerprint density at radius 1 is 1.44 bits per heavy atom. The molecule has 0 aromatic heterocycles. The number of hydrogen-bond donors (Lipinski definition) is 1. The molecule has 2 nitrogen and oxygen atoms in total. The van der Waals surface area contributed by atoms with Crippen LogP contribution in [0.3, 0.4) is 0 Å². The van der Waals surface area contributed by atoms with E-state index >= 15 is 0 Å². The highest BCUT2D eigenvalue weighted by molar-refractivity contribution is 5.01. The molecule has 0 bridgehead atoms. The molecule has 1 heterocycles. The third kappa shape index (κ3) is 5.66. The molecule has 1 N–H and O–H groups in total. The van der Waals surface area contributed by atoms with E-state index in [9.17, 15) is 0 Å². The first-order chi connectivity index (χ1) is 7.72. The lowest BCUT2D eigenvalue weighted by molar-refractivity contribution is 0.00927. The van der Waals surface area contributed by atoms with Gasteiger partial charge in [0.25, 0.3) is 0 Å². The van der Waals surface area contributed by atoms with Gasteiger partial charge < -0.3 is 10.1 Å². The van der Waals surface area contributed by atoms with Crippen molar-refractivity contribution in [3.8, 4) is 0 Å². The second kappa shape index (κ2) is 7.86. The van der Waals surface area contributed by atoms with Crippen molar-refractivity contribution in [2.45, 2.75) is 65.0 Å². The van der Waals surface area contributed by atoms with Crippen LogP contribution in [-0.4, -0.2) is 25.3 Å². The van der Waals surface area contributed by atoms with Crippen LogP contribution in [0.4, 0.5) is 0 Å². The Balaban J connectivity index is 2.27. The van der Waals surface area contributed by atoms with Gasteiger partial charge in [-0.2, -0.15) is 0 Å². The van der Waals surface area contributed by atoms with E-state index in [1.165, 1.54) is 37.7 Å². The van der Waals surface area contributed by atoms with Crippen molar-refractivity contribution in [3.63, 3.8) is 0 Å². The van der Waals surface area contributed by atoms with Crippen LogP contribution in [0.1, 0.15) is 52.9 Å². The molecule has 1 fully saturated rings. The summed E-state index contributed by atoms with van der Waals surface area (Å²) in [6.45, 7) is 8.52. The molecule has 16 heavy (non-hydrogen) atoms. The normalized spacial score (nSPS) is 22.8. The standard InChI is InChI=1S/C14H27NO/c1-4-15-13(11-12(2)3)8-9-14-7-5-6-10-16-14/h11,13-15H,4-10H2,1-3H3. The number of ether oxygens (including phenoxy) is 1. The highest BCUT2D eigenvalue weighted by Gasteiger charge is 2.15. The highest BCUT2D eigenvalue weighted by Crippen LogP contribution is 2.18. The topological polar surface area (TPSA) is 21.3 Å². The quantitative estimate of drug-likeness (QED) is 0.700. The third-order valence-corrected chi connectivity index (χ3v) is 3.07. The summed E-state index contributed by atoms with van der Waals surface area (Å²) in [7, 11) is 0. The first kappa shape index (κ1) is 13.7. The van der Waals surface area contributed by atoms with E-state index in [1.807, 2.05) is 0 Å². The second-order valence-corrected chi connectivity index (χ2v) is 4.97. The van der Waals surface area contributed by atoms with Crippen LogP contribution in [0.2, 0.25) is 0 Å². The predicted octanol–water partition coefficient (Wildman–Crippen LogP) is 3.28. The third-order valence-electron chi connectivity index (χ3n) is 3.07. The van der Waals surface area contributed by atoms with Crippen LogP contribution in [-0.2, 0) is 4.74 Å². The van der Waals surface area contributed by atoms with Crippen molar-refractivity contribution in [1.29, 1.82) is 0 Å². The Hall–Kier alpha value is -0.340. The molecule has 1 aliphatic rings. The van der Waals surface area contributed by atoms with Crippen molar-refractivity contribution in [3.05, 3.63) is 11.6 Å². The van der Waals surface area contributed by atoms with Crippen LogP contribution in [0.25, 0.3) is 0 Å². The largest absolute Gasteiger partial charge is 0.378 e. The average Bonchev–Trinajstić information content (AvgIpc) is 2.27. The van der Waals surface area contributed by atoms with Gasteiger partial charge in [-0.05, 0) is 52.5 Å². The van der Waals surface area contributed by atoms with E-state index < -0.39 is 0 Å². The van der Waals surface area contributed by atoms with Gasteiger partial charge >= 0.3 is 0 Å². The minimum atomic E-state index is 0.514. The molecule has 94 valence electrons. The lowest BCUT2D eigenvalue weighted by Gasteiger charge is -2.24. The fraction of sp³-hybridized carbons (Fsp3) is 0.857. The Labute approximate surface area is 100 Å². The van der Waals surface area contributed by atoms with Gasteiger partial charge in [0.05, 0.1) is 6.10 Å². The zero-order valence-electron chi connectivity index (χ0n) is 11.1. The predicted molar refractivity (Wildman–Crippen MR) is 69.7 cm³/mol. The van der Waals surface area contributed by atoms with Crippen molar-refractivity contribution >= 4 is 0 Å². The molecule has 0 spiro atoms. The van der Waals surface area contributed by atoms with Crippen molar-refractivity contribution in [1.82, 2.24) is 5.32 Å². The molecule has 1 rings (SSSR count). The average molecular weight is 225 g/mol. The van der Waals surface area contributed by atoms with Gasteiger partial charge in [0.2, 0.25) is 0 Å². The summed E-state index contributed by atoms with van der Waals surface area (Å²) in [5.74, 6) is 0. The SMILES string of the molecule is CCNC(C=C(C)C)CCC1CCCCO1. The molecule has 2 heteroatoms. The molecule has 1 aliphatic heterocycles. The molecule has 2 unspecified atom stereocenters. The number of likely N-dealkylation sites (N-methyl/N-ethyl adjacent to an activating group) is 1. The van der Waals surface area contributed by atoms with Crippen LogP contribution < -0.4 is 5.32 Å². The van der Waals surface area contributed by atoms with Gasteiger partial charge in [-0.1, -0.05) is 18.6 Å². The maximum Gasteiger partial charge on any atom is 0.0575 e. The molecule has 1 saturated heterocycles. The van der Waals surface area contributed by atoms with Gasteiger partial charge in [0.1, 0.15) is 0 Å². The summed E-state index contributed by atoms with van der Waals surface area (Å²) < 4.78 is 5.76. The molecule has 0 aromatic rings. The summed E-state index contributed by atoms with van der Waals surface area (Å²) in [5.41, 5.74) is 1.40. The molecule has 2 atom stereocenters. The molecular formula is C14H27NO. The van der Waals surface area contributed by atoms with Gasteiger partial charge in [0.15, 0.2) is 0 Å². The van der Waals surface area contributed by atoms with E-state index in [-0.39, 0.29) is 0 Å². The lowest BCUT2D eigenvalue weighted by atomic mass is 10.0. The van der Waals surface area contributed by atoms with Crippen LogP contribution in [0, 0.1) is 0 Å². The van der Waals surface area contributed by atoms with Gasteiger partial charge in [-0.15, -0.1) is 0 Å². The van der Waals surface area contributed by atoms with Crippen LogP contribution in [0.5, 0.6) is 0 Å². The zero-order chi connectivity index (χ0) is 11.8. The number of rotatable bonds is 6.